The molecule has 2 aromatic rings. The van der Waals surface area contributed by atoms with Crippen LogP contribution in [-0.2, 0) is 20.4 Å². The molecule has 0 fully saturated rings. The zero-order valence-corrected chi connectivity index (χ0v) is 16.0. The van der Waals surface area contributed by atoms with Gasteiger partial charge in [0.05, 0.1) is 12.7 Å². The second-order valence-corrected chi connectivity index (χ2v) is 8.72. The van der Waals surface area contributed by atoms with E-state index < -0.39 is 33.7 Å². The van der Waals surface area contributed by atoms with Crippen LogP contribution >= 0.6 is 15.9 Å². The number of sulfonamides is 1. The molecule has 0 aliphatic carbocycles. The van der Waals surface area contributed by atoms with Crippen LogP contribution in [0.4, 0.5) is 11.4 Å². The SMILES string of the molecule is CS(=O)(=O)Nc1ccc(C(=O)C[C@@]2(O)C(=O)Nc3ccc(Br)cc32)cc1. The van der Waals surface area contributed by atoms with Crippen molar-refractivity contribution < 1.29 is 23.1 Å². The van der Waals surface area contributed by atoms with E-state index in [0.29, 0.717) is 21.4 Å². The molecule has 2 aromatic carbocycles. The predicted octanol–water partition coefficient (Wildman–Crippen LogP) is 2.23. The van der Waals surface area contributed by atoms with Crippen LogP contribution in [0.15, 0.2) is 46.9 Å². The number of halogens is 1. The average molecular weight is 439 g/mol. The summed E-state index contributed by atoms with van der Waals surface area (Å²) in [6, 6.07) is 10.7. The van der Waals surface area contributed by atoms with Gasteiger partial charge in [-0.15, -0.1) is 0 Å². The summed E-state index contributed by atoms with van der Waals surface area (Å²) in [5.41, 5.74) is -0.592. The molecule has 1 heterocycles. The summed E-state index contributed by atoms with van der Waals surface area (Å²) in [6.07, 6.45) is 0.594. The molecule has 0 unspecified atom stereocenters. The average Bonchev–Trinajstić information content (AvgIpc) is 2.78. The van der Waals surface area contributed by atoms with Crippen molar-refractivity contribution in [1.82, 2.24) is 0 Å². The number of Topliss-reactive ketones (excluding diaryl/α,β-unsaturated/α-hetero) is 1. The minimum absolute atomic E-state index is 0.258. The Kier molecular flexibility index (Phi) is 4.63. The third kappa shape index (κ3) is 3.64. The van der Waals surface area contributed by atoms with Crippen LogP contribution in [0.5, 0.6) is 0 Å². The first-order chi connectivity index (χ1) is 12.1. The van der Waals surface area contributed by atoms with Crippen molar-refractivity contribution in [2.75, 3.05) is 16.3 Å². The first-order valence-corrected chi connectivity index (χ1v) is 10.2. The molecule has 0 radical (unpaired) electrons. The number of aliphatic hydroxyl groups is 1. The molecule has 9 heteroatoms. The van der Waals surface area contributed by atoms with Gasteiger partial charge in [0.1, 0.15) is 0 Å². The normalized spacial score (nSPS) is 19.0. The van der Waals surface area contributed by atoms with Crippen LogP contribution in [0.1, 0.15) is 22.3 Å². The van der Waals surface area contributed by atoms with Gasteiger partial charge in [-0.25, -0.2) is 8.42 Å². The quantitative estimate of drug-likeness (QED) is 0.619. The van der Waals surface area contributed by atoms with Gasteiger partial charge in [-0.3, -0.25) is 14.3 Å². The van der Waals surface area contributed by atoms with Crippen molar-refractivity contribution in [3.63, 3.8) is 0 Å². The van der Waals surface area contributed by atoms with E-state index in [9.17, 15) is 23.1 Å². The van der Waals surface area contributed by atoms with E-state index >= 15 is 0 Å². The Morgan fingerprint density at radius 3 is 2.50 bits per heavy atom. The topological polar surface area (TPSA) is 113 Å². The molecule has 136 valence electrons. The van der Waals surface area contributed by atoms with Crippen LogP contribution in [0.3, 0.4) is 0 Å². The highest BCUT2D eigenvalue weighted by atomic mass is 79.9. The van der Waals surface area contributed by atoms with Crippen LogP contribution in [0, 0.1) is 0 Å². The highest BCUT2D eigenvalue weighted by molar-refractivity contribution is 9.10. The number of rotatable bonds is 5. The van der Waals surface area contributed by atoms with Crippen molar-refractivity contribution in [3.8, 4) is 0 Å². The molecule has 1 atom stereocenters. The zero-order valence-electron chi connectivity index (χ0n) is 13.6. The fraction of sp³-hybridized carbons (Fsp3) is 0.176. The zero-order chi connectivity index (χ0) is 19.1. The standard InChI is InChI=1S/C17H15BrN2O5S/c1-26(24,25)20-12-5-2-10(3-6-12)15(21)9-17(23)13-8-11(18)4-7-14(13)19-16(17)22/h2-8,20,23H,9H2,1H3,(H,19,22)/t17-/m0/s1. The van der Waals surface area contributed by atoms with E-state index in [1.807, 2.05) is 0 Å². The lowest BCUT2D eigenvalue weighted by Gasteiger charge is -2.20. The van der Waals surface area contributed by atoms with Crippen LogP contribution < -0.4 is 10.0 Å². The number of anilines is 2. The molecule has 1 aliphatic rings. The van der Waals surface area contributed by atoms with E-state index in [1.165, 1.54) is 24.3 Å². The third-order valence-electron chi connectivity index (χ3n) is 3.98. The van der Waals surface area contributed by atoms with Gasteiger partial charge in [0, 0.05) is 27.0 Å². The second-order valence-electron chi connectivity index (χ2n) is 6.06. The fourth-order valence-electron chi connectivity index (χ4n) is 2.76. The maximum absolute atomic E-state index is 12.6. The first-order valence-electron chi connectivity index (χ1n) is 7.53. The number of benzene rings is 2. The summed E-state index contributed by atoms with van der Waals surface area (Å²) in [6.45, 7) is 0. The van der Waals surface area contributed by atoms with E-state index in [1.54, 1.807) is 18.2 Å². The van der Waals surface area contributed by atoms with Crippen LogP contribution in [0.2, 0.25) is 0 Å². The summed E-state index contributed by atoms with van der Waals surface area (Å²) in [5.74, 6) is -1.10. The Bertz CT molecular complexity index is 1000. The molecular weight excluding hydrogens is 424 g/mol. The Hall–Kier alpha value is -2.23. The van der Waals surface area contributed by atoms with Crippen molar-refractivity contribution >= 4 is 49.0 Å². The maximum Gasteiger partial charge on any atom is 0.261 e. The second kappa shape index (κ2) is 6.49. The number of amides is 1. The number of hydrogen-bond acceptors (Lipinski definition) is 5. The van der Waals surface area contributed by atoms with E-state index in [4.69, 9.17) is 0 Å². The molecule has 0 bridgehead atoms. The Morgan fingerprint density at radius 1 is 1.23 bits per heavy atom. The molecule has 26 heavy (non-hydrogen) atoms. The van der Waals surface area contributed by atoms with Crippen LogP contribution in [0.25, 0.3) is 0 Å². The lowest BCUT2D eigenvalue weighted by Crippen LogP contribution is -2.36. The summed E-state index contributed by atoms with van der Waals surface area (Å²) in [7, 11) is -3.42. The van der Waals surface area contributed by atoms with Gasteiger partial charge in [0.25, 0.3) is 5.91 Å². The maximum atomic E-state index is 12.6. The van der Waals surface area contributed by atoms with Gasteiger partial charge in [0.15, 0.2) is 11.4 Å². The molecule has 3 rings (SSSR count). The minimum Gasteiger partial charge on any atom is -0.375 e. The lowest BCUT2D eigenvalue weighted by molar-refractivity contribution is -0.133. The smallest absolute Gasteiger partial charge is 0.261 e. The summed E-state index contributed by atoms with van der Waals surface area (Å²) < 4.78 is 25.4. The monoisotopic (exact) mass is 438 g/mol. The Labute approximate surface area is 158 Å². The van der Waals surface area contributed by atoms with Gasteiger partial charge in [-0.1, -0.05) is 15.9 Å². The van der Waals surface area contributed by atoms with Gasteiger partial charge >= 0.3 is 0 Å². The predicted molar refractivity (Wildman–Crippen MR) is 101 cm³/mol. The Morgan fingerprint density at radius 2 is 1.88 bits per heavy atom. The number of carbonyl (C=O) groups excluding carboxylic acids is 2. The lowest BCUT2D eigenvalue weighted by atomic mass is 9.88. The molecule has 0 saturated heterocycles. The van der Waals surface area contributed by atoms with Gasteiger partial charge < -0.3 is 10.4 Å². The molecule has 0 saturated carbocycles. The van der Waals surface area contributed by atoms with E-state index in [-0.39, 0.29) is 5.56 Å². The molecule has 0 aromatic heterocycles. The number of ketones is 1. The minimum atomic E-state index is -3.42. The molecule has 1 amide bonds. The van der Waals surface area contributed by atoms with Crippen molar-refractivity contribution in [3.05, 3.63) is 58.1 Å². The largest absolute Gasteiger partial charge is 0.375 e. The van der Waals surface area contributed by atoms with Gasteiger partial charge in [-0.05, 0) is 42.5 Å². The first kappa shape index (κ1) is 18.6. The van der Waals surface area contributed by atoms with E-state index in [0.717, 1.165) is 6.26 Å². The van der Waals surface area contributed by atoms with Crippen molar-refractivity contribution in [2.45, 2.75) is 12.0 Å². The number of nitrogens with one attached hydrogen (secondary N) is 2. The van der Waals surface area contributed by atoms with Crippen LogP contribution in [-0.4, -0.2) is 31.5 Å². The Balaban J connectivity index is 1.84. The number of hydrogen-bond donors (Lipinski definition) is 3. The van der Waals surface area contributed by atoms with Gasteiger partial charge in [0.2, 0.25) is 10.0 Å². The third-order valence-corrected chi connectivity index (χ3v) is 5.08. The molecule has 1 aliphatic heterocycles. The summed E-state index contributed by atoms with van der Waals surface area (Å²) in [5, 5.41) is 13.4. The van der Waals surface area contributed by atoms with Crippen molar-refractivity contribution in [1.29, 1.82) is 0 Å². The summed E-state index contributed by atoms with van der Waals surface area (Å²) >= 11 is 3.29. The highest BCUT2D eigenvalue weighted by Gasteiger charge is 2.46. The van der Waals surface area contributed by atoms with Crippen molar-refractivity contribution in [2.24, 2.45) is 0 Å². The highest BCUT2D eigenvalue weighted by Crippen LogP contribution is 2.40. The van der Waals surface area contributed by atoms with Gasteiger partial charge in [-0.2, -0.15) is 0 Å². The molecule has 7 nitrogen and oxygen atoms in total. The molecule has 3 N–H and O–H groups in total. The molecular formula is C17H15BrN2O5S. The fourth-order valence-corrected chi connectivity index (χ4v) is 3.69. The number of fused-ring (bicyclic) bond motifs is 1. The van der Waals surface area contributed by atoms with E-state index in [2.05, 4.69) is 26.0 Å². The summed E-state index contributed by atoms with van der Waals surface area (Å²) in [4.78, 5) is 24.8. The number of carbonyl (C=O) groups is 2. The molecule has 0 spiro atoms.